The minimum atomic E-state index is -3.12. The maximum absolute atomic E-state index is 12.1. The van der Waals surface area contributed by atoms with Gasteiger partial charge in [-0.15, -0.1) is 0 Å². The van der Waals surface area contributed by atoms with E-state index in [2.05, 4.69) is 0 Å². The summed E-state index contributed by atoms with van der Waals surface area (Å²) in [6.45, 7) is 3.79. The molecule has 112 valence electrons. The topological polar surface area (TPSA) is 86.5 Å². The van der Waals surface area contributed by atoms with Gasteiger partial charge in [-0.3, -0.25) is 4.79 Å². The molecule has 0 aliphatic heterocycles. The average Bonchev–Trinajstić information content (AvgIpc) is 2.33. The maximum atomic E-state index is 12.1. The molecule has 0 aromatic heterocycles. The van der Waals surface area contributed by atoms with E-state index in [1.165, 1.54) is 0 Å². The molecular formula is C14H21NO4S. The number of hydrogen-bond donors (Lipinski definition) is 1. The molecule has 20 heavy (non-hydrogen) atoms. The Morgan fingerprint density at radius 2 is 2.00 bits per heavy atom. The number of Topliss-reactive ketones (excluding diaryl/α,β-unsaturated/α-hetero) is 1. The number of benzene rings is 1. The molecule has 5 nitrogen and oxygen atoms in total. The minimum absolute atomic E-state index is 0.0132. The van der Waals surface area contributed by atoms with Crippen LogP contribution in [0.5, 0.6) is 5.75 Å². The van der Waals surface area contributed by atoms with Crippen LogP contribution in [-0.4, -0.2) is 38.4 Å². The number of ketones is 1. The molecule has 0 spiro atoms. The van der Waals surface area contributed by atoms with Crippen molar-refractivity contribution < 1.29 is 17.9 Å². The molecule has 0 radical (unpaired) electrons. The molecule has 1 aromatic rings. The van der Waals surface area contributed by atoms with Crippen molar-refractivity contribution >= 4 is 15.6 Å². The van der Waals surface area contributed by atoms with E-state index in [1.807, 2.05) is 13.8 Å². The molecule has 2 N–H and O–H groups in total. The van der Waals surface area contributed by atoms with Crippen LogP contribution >= 0.6 is 0 Å². The Morgan fingerprint density at radius 1 is 1.35 bits per heavy atom. The first-order chi connectivity index (χ1) is 9.19. The van der Waals surface area contributed by atoms with Gasteiger partial charge in [0.1, 0.15) is 15.6 Å². The average molecular weight is 299 g/mol. The van der Waals surface area contributed by atoms with Crippen LogP contribution in [0.4, 0.5) is 0 Å². The second-order valence-corrected chi connectivity index (χ2v) is 7.34. The number of sulfone groups is 1. The van der Waals surface area contributed by atoms with Crippen molar-refractivity contribution in [3.8, 4) is 5.75 Å². The fraction of sp³-hybridized carbons (Fsp3) is 0.500. The summed E-state index contributed by atoms with van der Waals surface area (Å²) in [4.78, 5) is 12.1. The highest BCUT2D eigenvalue weighted by Gasteiger charge is 2.18. The van der Waals surface area contributed by atoms with Gasteiger partial charge in [-0.1, -0.05) is 12.1 Å². The van der Waals surface area contributed by atoms with Crippen LogP contribution in [0.25, 0.3) is 0 Å². The first kappa shape index (κ1) is 16.7. The van der Waals surface area contributed by atoms with Crippen LogP contribution in [0.15, 0.2) is 24.3 Å². The van der Waals surface area contributed by atoms with Crippen LogP contribution < -0.4 is 10.5 Å². The smallest absolute Gasteiger partial charge is 0.179 e. The number of rotatable bonds is 7. The van der Waals surface area contributed by atoms with E-state index in [-0.39, 0.29) is 24.1 Å². The molecular weight excluding hydrogens is 278 g/mol. The lowest BCUT2D eigenvalue weighted by Gasteiger charge is -2.13. The van der Waals surface area contributed by atoms with E-state index in [9.17, 15) is 13.2 Å². The number of carbonyl (C=O) groups excluding carboxylic acids is 1. The van der Waals surface area contributed by atoms with Crippen molar-refractivity contribution in [3.63, 3.8) is 0 Å². The van der Waals surface area contributed by atoms with E-state index in [0.29, 0.717) is 11.3 Å². The highest BCUT2D eigenvalue weighted by molar-refractivity contribution is 7.90. The van der Waals surface area contributed by atoms with Crippen LogP contribution in [0.3, 0.4) is 0 Å². The predicted octanol–water partition coefficient (Wildman–Crippen LogP) is 1.42. The third kappa shape index (κ3) is 5.71. The molecule has 1 rings (SSSR count). The van der Waals surface area contributed by atoms with Crippen LogP contribution in [0.1, 0.15) is 30.6 Å². The van der Waals surface area contributed by atoms with Crippen molar-refractivity contribution in [2.75, 3.05) is 12.0 Å². The summed E-state index contributed by atoms with van der Waals surface area (Å²) >= 11 is 0. The predicted molar refractivity (Wildman–Crippen MR) is 78.8 cm³/mol. The minimum Gasteiger partial charge on any atom is -0.491 e. The van der Waals surface area contributed by atoms with Crippen molar-refractivity contribution in [2.24, 2.45) is 5.73 Å². The number of ether oxygens (including phenoxy) is 1. The fourth-order valence-corrected chi connectivity index (χ4v) is 2.36. The summed E-state index contributed by atoms with van der Waals surface area (Å²) in [5.74, 6) is 0.228. The van der Waals surface area contributed by atoms with Gasteiger partial charge in [0.05, 0.1) is 17.9 Å². The Bertz CT molecular complexity index is 566. The van der Waals surface area contributed by atoms with Crippen molar-refractivity contribution in [1.29, 1.82) is 0 Å². The summed E-state index contributed by atoms with van der Waals surface area (Å²) in [7, 11) is -3.12. The molecule has 6 heteroatoms. The van der Waals surface area contributed by atoms with E-state index in [0.717, 1.165) is 6.26 Å². The summed E-state index contributed by atoms with van der Waals surface area (Å²) in [5.41, 5.74) is 6.19. The van der Waals surface area contributed by atoms with Gasteiger partial charge in [-0.2, -0.15) is 0 Å². The molecule has 0 heterocycles. The van der Waals surface area contributed by atoms with Gasteiger partial charge in [0.2, 0.25) is 0 Å². The standard InChI is InChI=1S/C14H21NO4S/c1-10(2)19-12-6-4-5-11(9-12)14(16)13(15)7-8-20(3,17)18/h4-6,9-10,13H,7-8,15H2,1-3H3. The van der Waals surface area contributed by atoms with E-state index in [4.69, 9.17) is 10.5 Å². The lowest BCUT2D eigenvalue weighted by Crippen LogP contribution is -2.32. The van der Waals surface area contributed by atoms with E-state index in [1.54, 1.807) is 24.3 Å². The van der Waals surface area contributed by atoms with Gasteiger partial charge in [-0.25, -0.2) is 8.42 Å². The van der Waals surface area contributed by atoms with Gasteiger partial charge in [0, 0.05) is 11.8 Å². The number of carbonyl (C=O) groups is 1. The molecule has 0 saturated heterocycles. The van der Waals surface area contributed by atoms with Crippen LogP contribution in [0.2, 0.25) is 0 Å². The summed E-state index contributed by atoms with van der Waals surface area (Å²) in [6, 6.07) is 5.94. The Labute approximate surface area is 120 Å². The molecule has 0 fully saturated rings. The van der Waals surface area contributed by atoms with E-state index < -0.39 is 15.9 Å². The molecule has 0 amide bonds. The van der Waals surface area contributed by atoms with Gasteiger partial charge >= 0.3 is 0 Å². The fourth-order valence-electron chi connectivity index (χ4n) is 1.68. The normalized spacial score (nSPS) is 13.2. The molecule has 0 aliphatic carbocycles. The van der Waals surface area contributed by atoms with Gasteiger partial charge in [0.25, 0.3) is 0 Å². The summed E-state index contributed by atoms with van der Waals surface area (Å²) < 4.78 is 27.7. The Morgan fingerprint density at radius 3 is 2.55 bits per heavy atom. The van der Waals surface area contributed by atoms with Gasteiger partial charge < -0.3 is 10.5 Å². The molecule has 1 atom stereocenters. The second kappa shape index (κ2) is 6.85. The second-order valence-electron chi connectivity index (χ2n) is 5.08. The quantitative estimate of drug-likeness (QED) is 0.769. The molecule has 1 unspecified atom stereocenters. The van der Waals surface area contributed by atoms with Crippen LogP contribution in [0, 0.1) is 0 Å². The molecule has 0 aliphatic rings. The Hall–Kier alpha value is -1.40. The molecule has 0 bridgehead atoms. The number of hydrogen-bond acceptors (Lipinski definition) is 5. The first-order valence-corrected chi connectivity index (χ1v) is 8.49. The Balaban J connectivity index is 2.76. The largest absolute Gasteiger partial charge is 0.491 e. The molecule has 1 aromatic carbocycles. The van der Waals surface area contributed by atoms with Gasteiger partial charge in [-0.05, 0) is 32.4 Å². The lowest BCUT2D eigenvalue weighted by molar-refractivity contribution is 0.0959. The first-order valence-electron chi connectivity index (χ1n) is 6.43. The molecule has 0 saturated carbocycles. The highest BCUT2D eigenvalue weighted by atomic mass is 32.2. The zero-order valence-corrected chi connectivity index (χ0v) is 12.8. The highest BCUT2D eigenvalue weighted by Crippen LogP contribution is 2.16. The van der Waals surface area contributed by atoms with E-state index >= 15 is 0 Å². The third-order valence-corrected chi connectivity index (χ3v) is 3.60. The monoisotopic (exact) mass is 299 g/mol. The maximum Gasteiger partial charge on any atom is 0.179 e. The van der Waals surface area contributed by atoms with Crippen molar-refractivity contribution in [2.45, 2.75) is 32.4 Å². The summed E-state index contributed by atoms with van der Waals surface area (Å²) in [6.07, 6.45) is 1.26. The van der Waals surface area contributed by atoms with Gasteiger partial charge in [0.15, 0.2) is 5.78 Å². The van der Waals surface area contributed by atoms with Crippen molar-refractivity contribution in [1.82, 2.24) is 0 Å². The SMILES string of the molecule is CC(C)Oc1cccc(C(=O)C(N)CCS(C)(=O)=O)c1. The van der Waals surface area contributed by atoms with Crippen molar-refractivity contribution in [3.05, 3.63) is 29.8 Å². The third-order valence-electron chi connectivity index (χ3n) is 2.63. The number of nitrogens with two attached hydrogens (primary N) is 1. The van der Waals surface area contributed by atoms with Crippen LogP contribution in [-0.2, 0) is 9.84 Å². The lowest BCUT2D eigenvalue weighted by atomic mass is 10.0. The summed E-state index contributed by atoms with van der Waals surface area (Å²) in [5, 5.41) is 0. The zero-order chi connectivity index (χ0) is 15.3. The zero-order valence-electron chi connectivity index (χ0n) is 12.0. The Kier molecular flexibility index (Phi) is 5.71.